The third kappa shape index (κ3) is 5.56. The van der Waals surface area contributed by atoms with Crippen molar-refractivity contribution in [3.05, 3.63) is 87.3 Å². The zero-order chi connectivity index (χ0) is 25.5. The van der Waals surface area contributed by atoms with E-state index < -0.39 is 0 Å². The van der Waals surface area contributed by atoms with Crippen molar-refractivity contribution in [2.45, 2.75) is 65.3 Å². The van der Waals surface area contributed by atoms with E-state index in [0.29, 0.717) is 36.2 Å². The van der Waals surface area contributed by atoms with Gasteiger partial charge in [0.15, 0.2) is 0 Å². The van der Waals surface area contributed by atoms with Gasteiger partial charge >= 0.3 is 0 Å². The Morgan fingerprint density at radius 3 is 2.53 bits per heavy atom. The van der Waals surface area contributed by atoms with Crippen LogP contribution in [0.4, 0.5) is 0 Å². The zero-order valence-corrected chi connectivity index (χ0v) is 21.2. The summed E-state index contributed by atoms with van der Waals surface area (Å²) in [5.74, 6) is -0.322. The maximum Gasteiger partial charge on any atom is 0.267 e. The summed E-state index contributed by atoms with van der Waals surface area (Å²) >= 11 is 0. The van der Waals surface area contributed by atoms with Crippen molar-refractivity contribution in [2.75, 3.05) is 6.54 Å². The van der Waals surface area contributed by atoms with Gasteiger partial charge in [-0.05, 0) is 43.0 Å². The first-order chi connectivity index (χ1) is 17.5. The number of hydrogen-bond acceptors (Lipinski definition) is 4. The van der Waals surface area contributed by atoms with Crippen molar-refractivity contribution in [2.24, 2.45) is 0 Å². The minimum atomic E-state index is -0.322. The van der Waals surface area contributed by atoms with E-state index in [2.05, 4.69) is 12.2 Å². The Morgan fingerprint density at radius 1 is 1.00 bits per heavy atom. The lowest BCUT2D eigenvalue weighted by Crippen LogP contribution is -2.35. The highest BCUT2D eigenvalue weighted by molar-refractivity contribution is 5.96. The van der Waals surface area contributed by atoms with Gasteiger partial charge in [-0.3, -0.25) is 19.4 Å². The van der Waals surface area contributed by atoms with Crippen LogP contribution >= 0.6 is 0 Å². The second kappa shape index (κ2) is 11.8. The molecule has 2 N–H and O–H groups in total. The molecule has 188 valence electrons. The number of rotatable bonds is 11. The second-order valence-electron chi connectivity index (χ2n) is 9.36. The predicted octanol–water partition coefficient (Wildman–Crippen LogP) is 4.77. The van der Waals surface area contributed by atoms with E-state index in [1.54, 1.807) is 10.8 Å². The number of aromatic nitrogens is 3. The first-order valence-corrected chi connectivity index (χ1v) is 12.9. The van der Waals surface area contributed by atoms with E-state index in [-0.39, 0.29) is 22.5 Å². The molecule has 1 amide bonds. The molecule has 4 rings (SSSR count). The van der Waals surface area contributed by atoms with Gasteiger partial charge in [-0.1, -0.05) is 75.4 Å². The predicted molar refractivity (Wildman–Crippen MR) is 143 cm³/mol. The molecule has 7 heteroatoms. The number of nitrogens with one attached hydrogen (secondary N) is 2. The highest BCUT2D eigenvalue weighted by Crippen LogP contribution is 2.14. The van der Waals surface area contributed by atoms with Gasteiger partial charge in [0, 0.05) is 19.3 Å². The molecule has 0 fully saturated rings. The maximum absolute atomic E-state index is 13.5. The fourth-order valence-electron chi connectivity index (χ4n) is 4.58. The molecule has 0 spiro atoms. The Hall–Kier alpha value is -3.74. The fourth-order valence-corrected chi connectivity index (χ4v) is 4.58. The molecule has 0 bridgehead atoms. The van der Waals surface area contributed by atoms with Gasteiger partial charge in [0.25, 0.3) is 11.5 Å². The topological polar surface area (TPSA) is 92.2 Å². The Labute approximate surface area is 211 Å². The molecule has 3 heterocycles. The van der Waals surface area contributed by atoms with Crippen LogP contribution < -0.4 is 16.4 Å². The molecule has 0 aliphatic rings. The number of benzene rings is 1. The smallest absolute Gasteiger partial charge is 0.267 e. The molecular formula is C29H35N5O2. The third-order valence-corrected chi connectivity index (χ3v) is 6.66. The SMILES string of the molecule is CCCCCCCCNC(=O)c1cc2c(=O)n3cccc(C)c3nc2n(CCc2ccccc2)c1=N. The molecule has 0 saturated carbocycles. The Kier molecular flexibility index (Phi) is 8.31. The number of fused-ring (bicyclic) bond motifs is 2. The van der Waals surface area contributed by atoms with Gasteiger partial charge in [-0.2, -0.15) is 0 Å². The van der Waals surface area contributed by atoms with E-state index in [1.807, 2.05) is 49.4 Å². The molecule has 0 aliphatic carbocycles. The zero-order valence-electron chi connectivity index (χ0n) is 21.2. The van der Waals surface area contributed by atoms with Crippen LogP contribution in [-0.4, -0.2) is 26.4 Å². The summed E-state index contributed by atoms with van der Waals surface area (Å²) < 4.78 is 3.22. The average Bonchev–Trinajstić information content (AvgIpc) is 2.89. The van der Waals surface area contributed by atoms with Crippen molar-refractivity contribution >= 4 is 22.6 Å². The minimum Gasteiger partial charge on any atom is -0.352 e. The Bertz CT molecular complexity index is 1470. The van der Waals surface area contributed by atoms with Gasteiger partial charge in [-0.25, -0.2) is 4.98 Å². The van der Waals surface area contributed by atoms with Crippen molar-refractivity contribution in [3.63, 3.8) is 0 Å². The van der Waals surface area contributed by atoms with E-state index in [4.69, 9.17) is 10.4 Å². The fraction of sp³-hybridized carbons (Fsp3) is 0.379. The van der Waals surface area contributed by atoms with Crippen LogP contribution in [0.15, 0.2) is 59.5 Å². The maximum atomic E-state index is 13.5. The summed E-state index contributed by atoms with van der Waals surface area (Å²) in [5.41, 5.74) is 3.02. The minimum absolute atomic E-state index is 0.0729. The van der Waals surface area contributed by atoms with Crippen LogP contribution in [0.3, 0.4) is 0 Å². The molecule has 0 aliphatic heterocycles. The number of carbonyl (C=O) groups is 1. The monoisotopic (exact) mass is 485 g/mol. The summed E-state index contributed by atoms with van der Waals surface area (Å²) in [7, 11) is 0. The van der Waals surface area contributed by atoms with E-state index in [9.17, 15) is 9.59 Å². The van der Waals surface area contributed by atoms with Gasteiger partial charge in [0.2, 0.25) is 0 Å². The summed E-state index contributed by atoms with van der Waals surface area (Å²) in [6.45, 7) is 5.10. The molecule has 3 aromatic heterocycles. The van der Waals surface area contributed by atoms with Gasteiger partial charge in [-0.15, -0.1) is 0 Å². The number of aryl methyl sites for hydroxylation is 3. The van der Waals surface area contributed by atoms with Crippen LogP contribution in [0.2, 0.25) is 0 Å². The first-order valence-electron chi connectivity index (χ1n) is 12.9. The van der Waals surface area contributed by atoms with Crippen LogP contribution in [-0.2, 0) is 13.0 Å². The normalized spacial score (nSPS) is 11.3. The van der Waals surface area contributed by atoms with Crippen LogP contribution in [0.1, 0.15) is 66.9 Å². The molecule has 36 heavy (non-hydrogen) atoms. The van der Waals surface area contributed by atoms with Gasteiger partial charge in [0.1, 0.15) is 16.8 Å². The van der Waals surface area contributed by atoms with Crippen molar-refractivity contribution in [1.82, 2.24) is 19.3 Å². The van der Waals surface area contributed by atoms with Crippen LogP contribution in [0.5, 0.6) is 0 Å². The summed E-state index contributed by atoms with van der Waals surface area (Å²) in [4.78, 5) is 31.4. The summed E-state index contributed by atoms with van der Waals surface area (Å²) in [6.07, 6.45) is 9.15. The number of nitrogens with zero attached hydrogens (tertiary/aromatic N) is 3. The van der Waals surface area contributed by atoms with Gasteiger partial charge in [0.05, 0.1) is 10.9 Å². The molecule has 4 aromatic rings. The van der Waals surface area contributed by atoms with E-state index in [1.165, 1.54) is 29.7 Å². The lowest BCUT2D eigenvalue weighted by molar-refractivity contribution is 0.0950. The average molecular weight is 486 g/mol. The summed E-state index contributed by atoms with van der Waals surface area (Å²) in [6, 6.07) is 15.3. The van der Waals surface area contributed by atoms with Crippen molar-refractivity contribution in [1.29, 1.82) is 5.41 Å². The lowest BCUT2D eigenvalue weighted by Gasteiger charge is -2.15. The van der Waals surface area contributed by atoms with E-state index in [0.717, 1.165) is 30.4 Å². The largest absolute Gasteiger partial charge is 0.352 e. The number of amides is 1. The molecule has 0 atom stereocenters. The second-order valence-corrected chi connectivity index (χ2v) is 9.36. The highest BCUT2D eigenvalue weighted by Gasteiger charge is 2.18. The van der Waals surface area contributed by atoms with Crippen LogP contribution in [0.25, 0.3) is 16.7 Å². The number of hydrogen-bond donors (Lipinski definition) is 2. The molecule has 0 radical (unpaired) electrons. The third-order valence-electron chi connectivity index (χ3n) is 6.66. The Balaban J connectivity index is 1.70. The molecule has 0 saturated heterocycles. The van der Waals surface area contributed by atoms with Crippen molar-refractivity contribution in [3.8, 4) is 0 Å². The Morgan fingerprint density at radius 2 is 1.75 bits per heavy atom. The number of carbonyl (C=O) groups excluding carboxylic acids is 1. The number of unbranched alkanes of at least 4 members (excludes halogenated alkanes) is 5. The quantitative estimate of drug-likeness (QED) is 0.237. The first kappa shape index (κ1) is 25.4. The molecule has 0 unspecified atom stereocenters. The van der Waals surface area contributed by atoms with Crippen molar-refractivity contribution < 1.29 is 4.79 Å². The van der Waals surface area contributed by atoms with Gasteiger partial charge < -0.3 is 9.88 Å². The van der Waals surface area contributed by atoms with Crippen LogP contribution in [0, 0.1) is 12.3 Å². The molecular weight excluding hydrogens is 450 g/mol. The molecule has 7 nitrogen and oxygen atoms in total. The lowest BCUT2D eigenvalue weighted by atomic mass is 10.1. The summed E-state index contributed by atoms with van der Waals surface area (Å²) in [5, 5.41) is 12.2. The van der Waals surface area contributed by atoms with E-state index >= 15 is 0 Å². The highest BCUT2D eigenvalue weighted by atomic mass is 16.1. The standard InChI is InChI=1S/C29H35N5O2/c1-3-4-5-6-7-11-17-31-28(35)23-20-24-27(32-26-21(2)13-12-18-34(26)29(24)36)33(25(23)30)19-16-22-14-9-8-10-15-22/h8-10,12-15,18,20,30H,3-7,11,16-17,19H2,1-2H3,(H,31,35). The molecule has 1 aromatic carbocycles. The number of pyridine rings is 2.